The van der Waals surface area contributed by atoms with Gasteiger partial charge in [0.1, 0.15) is 0 Å². The molecule has 2 atom stereocenters. The summed E-state index contributed by atoms with van der Waals surface area (Å²) < 4.78 is 0. The van der Waals surface area contributed by atoms with Gasteiger partial charge in [0.05, 0.1) is 0 Å². The lowest BCUT2D eigenvalue weighted by Crippen LogP contribution is -2.51. The zero-order valence-corrected chi connectivity index (χ0v) is 12.0. The normalized spacial score (nSPS) is 29.1. The van der Waals surface area contributed by atoms with Gasteiger partial charge < -0.3 is 10.2 Å². The van der Waals surface area contributed by atoms with Crippen LogP contribution >= 0.6 is 0 Å². The Morgan fingerprint density at radius 1 is 1.28 bits per heavy atom. The lowest BCUT2D eigenvalue weighted by Gasteiger charge is -2.39. The lowest BCUT2D eigenvalue weighted by atomic mass is 9.82. The van der Waals surface area contributed by atoms with Gasteiger partial charge in [-0.15, -0.1) is 0 Å². The Labute approximate surface area is 111 Å². The first-order chi connectivity index (χ1) is 8.74. The van der Waals surface area contributed by atoms with Gasteiger partial charge in [0.15, 0.2) is 0 Å². The van der Waals surface area contributed by atoms with Gasteiger partial charge in [0.25, 0.3) is 0 Å². The van der Waals surface area contributed by atoms with Gasteiger partial charge in [-0.1, -0.05) is 26.7 Å². The minimum absolute atomic E-state index is 0.410. The van der Waals surface area contributed by atoms with E-state index in [4.69, 9.17) is 0 Å². The van der Waals surface area contributed by atoms with E-state index in [1.807, 2.05) is 0 Å². The van der Waals surface area contributed by atoms with Crippen LogP contribution in [-0.4, -0.2) is 36.5 Å². The average Bonchev–Trinajstić information content (AvgIpc) is 2.34. The summed E-state index contributed by atoms with van der Waals surface area (Å²) in [6.45, 7) is 7.38. The lowest BCUT2D eigenvalue weighted by molar-refractivity contribution is -0.135. The van der Waals surface area contributed by atoms with Gasteiger partial charge in [-0.3, -0.25) is 4.79 Å². The molecule has 0 radical (unpaired) electrons. The highest BCUT2D eigenvalue weighted by atomic mass is 16.2. The van der Waals surface area contributed by atoms with Crippen LogP contribution in [0.2, 0.25) is 0 Å². The summed E-state index contributed by atoms with van der Waals surface area (Å²) in [5, 5.41) is 3.57. The third kappa shape index (κ3) is 3.25. The zero-order valence-electron chi connectivity index (χ0n) is 12.0. The monoisotopic (exact) mass is 252 g/mol. The highest BCUT2D eigenvalue weighted by Crippen LogP contribution is 2.30. The van der Waals surface area contributed by atoms with E-state index in [1.54, 1.807) is 0 Å². The molecule has 2 rings (SSSR count). The SMILES string of the molecule is CCNC1CCN(C(=O)CC2CCC2)CC1CC. The molecule has 0 aromatic carbocycles. The minimum atomic E-state index is 0.410. The fourth-order valence-corrected chi connectivity index (χ4v) is 3.28. The second-order valence-corrected chi connectivity index (χ2v) is 5.96. The summed E-state index contributed by atoms with van der Waals surface area (Å²) in [6, 6.07) is 0.618. The van der Waals surface area contributed by atoms with Crippen LogP contribution in [0.4, 0.5) is 0 Å². The molecule has 0 spiro atoms. The maximum Gasteiger partial charge on any atom is 0.222 e. The Morgan fingerprint density at radius 2 is 2.06 bits per heavy atom. The molecule has 1 heterocycles. The van der Waals surface area contributed by atoms with E-state index in [-0.39, 0.29) is 0 Å². The number of piperidine rings is 1. The van der Waals surface area contributed by atoms with Crippen molar-refractivity contribution in [1.82, 2.24) is 10.2 Å². The van der Waals surface area contributed by atoms with Crippen molar-refractivity contribution >= 4 is 5.91 Å². The van der Waals surface area contributed by atoms with Crippen LogP contribution in [0.1, 0.15) is 52.4 Å². The van der Waals surface area contributed by atoms with Crippen molar-refractivity contribution in [3.8, 4) is 0 Å². The first-order valence-electron chi connectivity index (χ1n) is 7.75. The van der Waals surface area contributed by atoms with E-state index >= 15 is 0 Å². The van der Waals surface area contributed by atoms with E-state index in [0.29, 0.717) is 23.8 Å². The van der Waals surface area contributed by atoms with Crippen molar-refractivity contribution in [2.75, 3.05) is 19.6 Å². The third-order valence-corrected chi connectivity index (χ3v) is 4.77. The molecule has 1 amide bonds. The average molecular weight is 252 g/mol. The summed E-state index contributed by atoms with van der Waals surface area (Å²) >= 11 is 0. The van der Waals surface area contributed by atoms with E-state index in [1.165, 1.54) is 25.7 Å². The number of carbonyl (C=O) groups excluding carboxylic acids is 1. The largest absolute Gasteiger partial charge is 0.342 e. The van der Waals surface area contributed by atoms with Crippen LogP contribution in [-0.2, 0) is 4.79 Å². The molecule has 1 saturated carbocycles. The van der Waals surface area contributed by atoms with E-state index < -0.39 is 0 Å². The van der Waals surface area contributed by atoms with Crippen LogP contribution < -0.4 is 5.32 Å². The van der Waals surface area contributed by atoms with Crippen LogP contribution in [0.25, 0.3) is 0 Å². The minimum Gasteiger partial charge on any atom is -0.342 e. The van der Waals surface area contributed by atoms with Gasteiger partial charge >= 0.3 is 0 Å². The van der Waals surface area contributed by atoms with Crippen molar-refractivity contribution in [1.29, 1.82) is 0 Å². The topological polar surface area (TPSA) is 32.3 Å². The molecule has 0 aromatic heterocycles. The van der Waals surface area contributed by atoms with Gasteiger partial charge in [0, 0.05) is 25.6 Å². The first kappa shape index (κ1) is 13.9. The number of nitrogens with one attached hydrogen (secondary N) is 1. The molecule has 0 aromatic rings. The smallest absolute Gasteiger partial charge is 0.222 e. The predicted octanol–water partition coefficient (Wildman–Crippen LogP) is 2.41. The van der Waals surface area contributed by atoms with Crippen molar-refractivity contribution in [2.45, 2.75) is 58.4 Å². The predicted molar refractivity (Wildman–Crippen MR) is 74.4 cm³/mol. The van der Waals surface area contributed by atoms with E-state index in [2.05, 4.69) is 24.1 Å². The molecule has 1 saturated heterocycles. The highest BCUT2D eigenvalue weighted by Gasteiger charge is 2.31. The van der Waals surface area contributed by atoms with Gasteiger partial charge in [-0.2, -0.15) is 0 Å². The Bertz CT molecular complexity index is 276. The first-order valence-corrected chi connectivity index (χ1v) is 7.75. The molecule has 18 heavy (non-hydrogen) atoms. The second kappa shape index (κ2) is 6.55. The zero-order chi connectivity index (χ0) is 13.0. The quantitative estimate of drug-likeness (QED) is 0.815. The van der Waals surface area contributed by atoms with Crippen molar-refractivity contribution in [3.63, 3.8) is 0 Å². The molecular weight excluding hydrogens is 224 g/mol. The number of carbonyl (C=O) groups is 1. The Hall–Kier alpha value is -0.570. The summed E-state index contributed by atoms with van der Waals surface area (Å²) in [7, 11) is 0. The number of amides is 1. The van der Waals surface area contributed by atoms with Crippen LogP contribution in [0.5, 0.6) is 0 Å². The molecule has 1 aliphatic heterocycles. The number of hydrogen-bond donors (Lipinski definition) is 1. The Kier molecular flexibility index (Phi) is 5.04. The molecule has 1 N–H and O–H groups in total. The van der Waals surface area contributed by atoms with Crippen molar-refractivity contribution in [2.24, 2.45) is 11.8 Å². The highest BCUT2D eigenvalue weighted by molar-refractivity contribution is 5.76. The molecule has 2 fully saturated rings. The van der Waals surface area contributed by atoms with Crippen LogP contribution in [0.15, 0.2) is 0 Å². The van der Waals surface area contributed by atoms with Gasteiger partial charge in [0.2, 0.25) is 5.91 Å². The summed E-state index contributed by atoms with van der Waals surface area (Å²) in [5.41, 5.74) is 0. The third-order valence-electron chi connectivity index (χ3n) is 4.77. The molecule has 2 aliphatic rings. The molecule has 0 bridgehead atoms. The van der Waals surface area contributed by atoms with Crippen LogP contribution in [0, 0.1) is 11.8 Å². The maximum atomic E-state index is 12.2. The molecule has 3 nitrogen and oxygen atoms in total. The molecule has 3 heteroatoms. The fraction of sp³-hybridized carbons (Fsp3) is 0.933. The molecular formula is C15H28N2O. The van der Waals surface area contributed by atoms with Crippen molar-refractivity contribution in [3.05, 3.63) is 0 Å². The molecule has 104 valence electrons. The molecule has 1 aliphatic carbocycles. The standard InChI is InChI=1S/C15H28N2O/c1-3-13-11-17(9-8-14(13)16-4-2)15(18)10-12-6-5-7-12/h12-14,16H,3-11H2,1-2H3. The number of likely N-dealkylation sites (tertiary alicyclic amines) is 1. The Balaban J connectivity index is 1.82. The number of hydrogen-bond acceptors (Lipinski definition) is 2. The van der Waals surface area contributed by atoms with Crippen LogP contribution in [0.3, 0.4) is 0 Å². The number of rotatable bonds is 5. The summed E-state index contributed by atoms with van der Waals surface area (Å²) in [6.07, 6.45) is 6.99. The second-order valence-electron chi connectivity index (χ2n) is 5.96. The van der Waals surface area contributed by atoms with Crippen molar-refractivity contribution < 1.29 is 4.79 Å². The Morgan fingerprint density at radius 3 is 2.61 bits per heavy atom. The van der Waals surface area contributed by atoms with E-state index in [0.717, 1.165) is 32.5 Å². The van der Waals surface area contributed by atoms with Gasteiger partial charge in [-0.25, -0.2) is 0 Å². The fourth-order valence-electron chi connectivity index (χ4n) is 3.28. The molecule has 2 unspecified atom stereocenters. The number of nitrogens with zero attached hydrogens (tertiary/aromatic N) is 1. The summed E-state index contributed by atoms with van der Waals surface area (Å²) in [5.74, 6) is 1.75. The summed E-state index contributed by atoms with van der Waals surface area (Å²) in [4.78, 5) is 14.4. The van der Waals surface area contributed by atoms with E-state index in [9.17, 15) is 4.79 Å². The van der Waals surface area contributed by atoms with Gasteiger partial charge in [-0.05, 0) is 37.6 Å². The maximum absolute atomic E-state index is 12.2.